The van der Waals surface area contributed by atoms with Gasteiger partial charge < -0.3 is 20.5 Å². The fourth-order valence-corrected chi connectivity index (χ4v) is 5.84. The van der Waals surface area contributed by atoms with Crippen LogP contribution in [0.5, 0.6) is 0 Å². The molecule has 0 spiro atoms. The van der Waals surface area contributed by atoms with Crippen molar-refractivity contribution in [2.45, 2.75) is 37.0 Å². The van der Waals surface area contributed by atoms with Gasteiger partial charge in [0, 0.05) is 29.7 Å². The van der Waals surface area contributed by atoms with Gasteiger partial charge in [-0.3, -0.25) is 4.98 Å². The number of anilines is 2. The molecule has 1 aromatic heterocycles. The van der Waals surface area contributed by atoms with Gasteiger partial charge >= 0.3 is 5.97 Å². The van der Waals surface area contributed by atoms with Crippen LogP contribution in [0.2, 0.25) is 5.02 Å². The molecule has 1 aliphatic rings. The van der Waals surface area contributed by atoms with Crippen molar-refractivity contribution >= 4 is 49.7 Å². The van der Waals surface area contributed by atoms with E-state index in [9.17, 15) is 18.3 Å². The third-order valence-corrected chi connectivity index (χ3v) is 7.91. The number of sulfone groups is 1. The van der Waals surface area contributed by atoms with Gasteiger partial charge in [-0.25, -0.2) is 13.2 Å². The van der Waals surface area contributed by atoms with Crippen LogP contribution >= 0.6 is 11.6 Å². The molecule has 34 heavy (non-hydrogen) atoms. The number of hydrogen-bond donors (Lipinski definition) is 3. The van der Waals surface area contributed by atoms with Crippen LogP contribution in [0.3, 0.4) is 0 Å². The molecule has 0 amide bonds. The molecular weight excluding hydrogens is 478 g/mol. The van der Waals surface area contributed by atoms with Crippen LogP contribution < -0.4 is 10.6 Å². The third kappa shape index (κ3) is 4.74. The second-order valence-corrected chi connectivity index (χ2v) is 10.7. The summed E-state index contributed by atoms with van der Waals surface area (Å²) in [6.45, 7) is 4.79. The van der Waals surface area contributed by atoms with E-state index in [0.717, 1.165) is 18.4 Å². The van der Waals surface area contributed by atoms with Gasteiger partial charge in [0.25, 0.3) is 0 Å². The van der Waals surface area contributed by atoms with E-state index < -0.39 is 21.2 Å². The van der Waals surface area contributed by atoms with Gasteiger partial charge in [0.15, 0.2) is 5.44 Å². The van der Waals surface area contributed by atoms with E-state index in [-0.39, 0.29) is 29.3 Å². The number of pyridine rings is 1. The molecule has 1 fully saturated rings. The lowest BCUT2D eigenvalue weighted by Gasteiger charge is -2.25. The summed E-state index contributed by atoms with van der Waals surface area (Å²) in [7, 11) is -3.98. The lowest BCUT2D eigenvalue weighted by atomic mass is 10.00. The minimum Gasteiger partial charge on any atom is -0.478 e. The van der Waals surface area contributed by atoms with E-state index in [2.05, 4.69) is 15.6 Å². The molecule has 10 heteroatoms. The number of carboxylic acids is 1. The molecule has 1 unspecified atom stereocenters. The number of fused-ring (bicyclic) bond motifs is 1. The molecule has 0 aliphatic carbocycles. The molecule has 8 nitrogen and oxygen atoms in total. The molecule has 4 rings (SSSR count). The summed E-state index contributed by atoms with van der Waals surface area (Å²) in [6.07, 6.45) is 2.89. The number of nitrogens with one attached hydrogen (secondary N) is 2. The molecule has 3 aromatic rings. The smallest absolute Gasteiger partial charge is 0.337 e. The molecule has 0 saturated carbocycles. The third-order valence-electron chi connectivity index (χ3n) is 5.76. The maximum absolute atomic E-state index is 13.6. The van der Waals surface area contributed by atoms with E-state index in [0.29, 0.717) is 33.7 Å². The standard InChI is InChI=1S/C24H26ClN3O5S/c1-3-4-15-9-14(2)22(18(10-15)24(29)30)28-23-17-11-16(25)5-6-19(17)27-12-20(23)34(31,32)21-13-26-7-8-33-21/h5-6,9-12,21,26H,3-4,7-8,13H2,1-2H3,(H,27,28)(H,29,30). The topological polar surface area (TPSA) is 118 Å². The zero-order valence-corrected chi connectivity index (χ0v) is 20.5. The normalized spacial score (nSPS) is 16.5. The summed E-state index contributed by atoms with van der Waals surface area (Å²) in [4.78, 5) is 16.4. The van der Waals surface area contributed by atoms with Gasteiger partial charge in [-0.2, -0.15) is 0 Å². The van der Waals surface area contributed by atoms with E-state index in [4.69, 9.17) is 16.3 Å². The second-order valence-electron chi connectivity index (χ2n) is 8.22. The molecule has 0 radical (unpaired) electrons. The number of aromatic carboxylic acids is 1. The summed E-state index contributed by atoms with van der Waals surface area (Å²) in [6, 6.07) is 8.51. The maximum atomic E-state index is 13.6. The van der Waals surface area contributed by atoms with Crippen LogP contribution in [-0.4, -0.2) is 49.6 Å². The Labute approximate surface area is 203 Å². The zero-order valence-electron chi connectivity index (χ0n) is 18.9. The predicted octanol–water partition coefficient (Wildman–Crippen LogP) is 4.31. The molecule has 1 saturated heterocycles. The minimum atomic E-state index is -3.98. The van der Waals surface area contributed by atoms with Gasteiger partial charge in [0.2, 0.25) is 9.84 Å². The summed E-state index contributed by atoms with van der Waals surface area (Å²) in [5, 5.41) is 17.0. The summed E-state index contributed by atoms with van der Waals surface area (Å²) >= 11 is 6.24. The number of ether oxygens (including phenoxy) is 1. The molecule has 180 valence electrons. The number of morpholine rings is 1. The van der Waals surface area contributed by atoms with E-state index in [1.165, 1.54) is 6.20 Å². The van der Waals surface area contributed by atoms with Gasteiger partial charge in [0.05, 0.1) is 29.1 Å². The van der Waals surface area contributed by atoms with Gasteiger partial charge in [0.1, 0.15) is 4.90 Å². The van der Waals surface area contributed by atoms with Crippen molar-refractivity contribution in [1.82, 2.24) is 10.3 Å². The average molecular weight is 504 g/mol. The Morgan fingerprint density at radius 3 is 2.76 bits per heavy atom. The zero-order chi connectivity index (χ0) is 24.5. The SMILES string of the molecule is CCCc1cc(C)c(Nc2c(S(=O)(=O)C3CNCCO3)cnc3ccc(Cl)cc23)c(C(=O)O)c1. The van der Waals surface area contributed by atoms with Crippen LogP contribution in [0.25, 0.3) is 10.9 Å². The Balaban J connectivity index is 1.94. The average Bonchev–Trinajstić information content (AvgIpc) is 2.81. The fourth-order valence-electron chi connectivity index (χ4n) is 4.13. The number of aromatic nitrogens is 1. The minimum absolute atomic E-state index is 0.0642. The largest absolute Gasteiger partial charge is 0.478 e. The monoisotopic (exact) mass is 503 g/mol. The first-order valence-electron chi connectivity index (χ1n) is 11.0. The van der Waals surface area contributed by atoms with E-state index in [1.807, 2.05) is 13.0 Å². The quantitative estimate of drug-likeness (QED) is 0.436. The van der Waals surface area contributed by atoms with E-state index in [1.54, 1.807) is 31.2 Å². The van der Waals surface area contributed by atoms with Crippen molar-refractivity contribution in [1.29, 1.82) is 0 Å². The van der Waals surface area contributed by atoms with Gasteiger partial charge in [-0.1, -0.05) is 31.0 Å². The summed E-state index contributed by atoms with van der Waals surface area (Å²) in [5.41, 5.74) is 1.62. The molecule has 3 N–H and O–H groups in total. The first kappa shape index (κ1) is 24.4. The van der Waals surface area contributed by atoms with Crippen molar-refractivity contribution in [3.8, 4) is 0 Å². The Morgan fingerprint density at radius 2 is 2.09 bits per heavy atom. The first-order chi connectivity index (χ1) is 16.2. The molecule has 1 aliphatic heterocycles. The highest BCUT2D eigenvalue weighted by atomic mass is 35.5. The van der Waals surface area contributed by atoms with E-state index >= 15 is 0 Å². The second kappa shape index (κ2) is 9.87. The number of rotatable bonds is 7. The summed E-state index contributed by atoms with van der Waals surface area (Å²) in [5.74, 6) is -1.11. The van der Waals surface area contributed by atoms with Crippen molar-refractivity contribution in [2.24, 2.45) is 0 Å². The summed E-state index contributed by atoms with van der Waals surface area (Å²) < 4.78 is 32.7. The molecule has 2 heterocycles. The number of carboxylic acid groups (broad SMARTS) is 1. The Morgan fingerprint density at radius 1 is 1.29 bits per heavy atom. The number of benzene rings is 2. The van der Waals surface area contributed by atoms with Crippen molar-refractivity contribution < 1.29 is 23.1 Å². The Bertz CT molecular complexity index is 1350. The van der Waals surface area contributed by atoms with Crippen LogP contribution in [0.1, 0.15) is 34.8 Å². The maximum Gasteiger partial charge on any atom is 0.337 e. The lowest BCUT2D eigenvalue weighted by Crippen LogP contribution is -2.43. The van der Waals surface area contributed by atoms with Crippen LogP contribution in [0.15, 0.2) is 41.4 Å². The van der Waals surface area contributed by atoms with Gasteiger partial charge in [-0.05, 0) is 48.7 Å². The Kier molecular flexibility index (Phi) is 7.09. The van der Waals surface area contributed by atoms with Crippen LogP contribution in [-0.2, 0) is 21.0 Å². The molecular formula is C24H26ClN3O5S. The number of aryl methyl sites for hydroxylation is 2. The highest BCUT2D eigenvalue weighted by Gasteiger charge is 2.33. The van der Waals surface area contributed by atoms with Crippen molar-refractivity contribution in [2.75, 3.05) is 25.0 Å². The Hall–Kier alpha value is -2.72. The number of nitrogens with zero attached hydrogens (tertiary/aromatic N) is 1. The number of hydrogen-bond acceptors (Lipinski definition) is 7. The molecule has 0 bridgehead atoms. The number of halogens is 1. The lowest BCUT2D eigenvalue weighted by molar-refractivity contribution is 0.0697. The van der Waals surface area contributed by atoms with Crippen molar-refractivity contribution in [3.63, 3.8) is 0 Å². The number of carbonyl (C=O) groups is 1. The van der Waals surface area contributed by atoms with Gasteiger partial charge in [-0.15, -0.1) is 0 Å². The van der Waals surface area contributed by atoms with Crippen molar-refractivity contribution in [3.05, 3.63) is 58.2 Å². The highest BCUT2D eigenvalue weighted by molar-refractivity contribution is 7.92. The molecule has 2 aromatic carbocycles. The highest BCUT2D eigenvalue weighted by Crippen LogP contribution is 2.37. The first-order valence-corrected chi connectivity index (χ1v) is 12.9. The van der Waals surface area contributed by atoms with Crippen LogP contribution in [0, 0.1) is 6.92 Å². The van der Waals surface area contributed by atoms with Crippen LogP contribution in [0.4, 0.5) is 11.4 Å². The predicted molar refractivity (Wildman–Crippen MR) is 132 cm³/mol. The molecule has 1 atom stereocenters. The fraction of sp³-hybridized carbons (Fsp3) is 0.333.